The van der Waals surface area contributed by atoms with Gasteiger partial charge >= 0.3 is 6.18 Å². The topological polar surface area (TPSA) is 54.4 Å². The van der Waals surface area contributed by atoms with Gasteiger partial charge in [-0.15, -0.1) is 0 Å². The Bertz CT molecular complexity index is 1110. The van der Waals surface area contributed by atoms with Gasteiger partial charge in [-0.05, 0) is 37.3 Å². The SMILES string of the molecule is COc1c(Cl)ccc(C(Nc2cccc3nc(C)ccc23)C(O)(CBr)C(F)(F)F)c1F. The smallest absolute Gasteiger partial charge is 0.420 e. The molecule has 3 rings (SSSR count). The average molecular weight is 522 g/mol. The molecular formula is C21H18BrClF4N2O2. The summed E-state index contributed by atoms with van der Waals surface area (Å²) in [5.41, 5.74) is -2.33. The average Bonchev–Trinajstić information content (AvgIpc) is 2.71. The second-order valence-electron chi connectivity index (χ2n) is 6.94. The number of alkyl halides is 4. The minimum absolute atomic E-state index is 0.110. The van der Waals surface area contributed by atoms with Crippen LogP contribution in [-0.4, -0.2) is 34.3 Å². The van der Waals surface area contributed by atoms with Crippen molar-refractivity contribution in [2.24, 2.45) is 0 Å². The summed E-state index contributed by atoms with van der Waals surface area (Å²) >= 11 is 8.66. The van der Waals surface area contributed by atoms with Crippen molar-refractivity contribution in [3.63, 3.8) is 0 Å². The molecule has 0 aliphatic rings. The van der Waals surface area contributed by atoms with Crippen molar-refractivity contribution in [3.8, 4) is 5.75 Å². The quantitative estimate of drug-likeness (QED) is 0.300. The lowest BCUT2D eigenvalue weighted by atomic mass is 9.88. The maximum atomic E-state index is 15.2. The van der Waals surface area contributed by atoms with E-state index < -0.39 is 40.3 Å². The highest BCUT2D eigenvalue weighted by atomic mass is 79.9. The van der Waals surface area contributed by atoms with Gasteiger partial charge in [-0.1, -0.05) is 39.7 Å². The molecule has 0 saturated heterocycles. The highest BCUT2D eigenvalue weighted by Crippen LogP contribution is 2.46. The predicted octanol–water partition coefficient (Wildman–Crippen LogP) is 6.19. The van der Waals surface area contributed by atoms with Crippen molar-refractivity contribution in [2.45, 2.75) is 24.7 Å². The minimum atomic E-state index is -5.10. The third kappa shape index (κ3) is 4.31. The van der Waals surface area contributed by atoms with Gasteiger partial charge in [0.2, 0.25) is 0 Å². The Balaban J connectivity index is 2.24. The van der Waals surface area contributed by atoms with E-state index in [4.69, 9.17) is 16.3 Å². The number of fused-ring (bicyclic) bond motifs is 1. The van der Waals surface area contributed by atoms with Crippen LogP contribution in [0, 0.1) is 12.7 Å². The highest BCUT2D eigenvalue weighted by molar-refractivity contribution is 9.09. The first-order valence-electron chi connectivity index (χ1n) is 9.03. The molecule has 2 unspecified atom stereocenters. The molecule has 0 aliphatic heterocycles. The third-order valence-electron chi connectivity index (χ3n) is 4.94. The largest absolute Gasteiger partial charge is 0.492 e. The molecule has 2 N–H and O–H groups in total. The summed E-state index contributed by atoms with van der Waals surface area (Å²) in [6.45, 7) is 1.78. The van der Waals surface area contributed by atoms with Crippen LogP contribution in [-0.2, 0) is 0 Å². The first-order chi connectivity index (χ1) is 14.5. The van der Waals surface area contributed by atoms with Gasteiger partial charge in [0.05, 0.1) is 23.7 Å². The Kier molecular flexibility index (Phi) is 6.69. The van der Waals surface area contributed by atoms with Gasteiger partial charge in [0, 0.05) is 27.7 Å². The number of nitrogens with zero attached hydrogens (tertiary/aromatic N) is 1. The van der Waals surface area contributed by atoms with Crippen LogP contribution in [0.25, 0.3) is 10.9 Å². The lowest BCUT2D eigenvalue weighted by Crippen LogP contribution is -2.54. The van der Waals surface area contributed by atoms with Crippen LogP contribution < -0.4 is 10.1 Å². The standard InChI is InChI=1S/C21H18BrClF4N2O2/c1-11-6-7-12-15(28-11)4-3-5-16(12)29-19(20(30,10-22)21(25,26)27)13-8-9-14(23)18(31-2)17(13)24/h3-9,19,29-30H,10H2,1-2H3. The van der Waals surface area contributed by atoms with Crippen LogP contribution in [0.1, 0.15) is 17.3 Å². The van der Waals surface area contributed by atoms with Crippen LogP contribution in [0.2, 0.25) is 5.02 Å². The maximum Gasteiger partial charge on any atom is 0.420 e. The molecule has 2 atom stereocenters. The zero-order valence-electron chi connectivity index (χ0n) is 16.4. The number of hydrogen-bond donors (Lipinski definition) is 2. The summed E-state index contributed by atoms with van der Waals surface area (Å²) in [7, 11) is 1.15. The number of methoxy groups -OCH3 is 1. The van der Waals surface area contributed by atoms with E-state index in [1.165, 1.54) is 12.1 Å². The Hall–Kier alpha value is -2.10. The second kappa shape index (κ2) is 8.80. The fraction of sp³-hybridized carbons (Fsp3) is 0.286. The number of aromatic nitrogens is 1. The van der Waals surface area contributed by atoms with Crippen molar-refractivity contribution in [2.75, 3.05) is 17.8 Å². The molecule has 0 spiro atoms. The van der Waals surface area contributed by atoms with Gasteiger partial charge in [-0.25, -0.2) is 4.39 Å². The number of benzene rings is 2. The van der Waals surface area contributed by atoms with Crippen LogP contribution in [0.5, 0.6) is 5.75 Å². The van der Waals surface area contributed by atoms with Gasteiger partial charge in [-0.2, -0.15) is 13.2 Å². The van der Waals surface area contributed by atoms with Gasteiger partial charge in [0.15, 0.2) is 17.2 Å². The van der Waals surface area contributed by atoms with Gasteiger partial charge < -0.3 is 15.2 Å². The van der Waals surface area contributed by atoms with Gasteiger partial charge in [-0.3, -0.25) is 4.98 Å². The van der Waals surface area contributed by atoms with Crippen molar-refractivity contribution < 1.29 is 27.4 Å². The number of aliphatic hydroxyl groups is 1. The number of rotatable bonds is 6. The number of hydrogen-bond acceptors (Lipinski definition) is 4. The monoisotopic (exact) mass is 520 g/mol. The normalized spacial score (nSPS) is 14.9. The van der Waals surface area contributed by atoms with E-state index in [0.717, 1.165) is 18.9 Å². The van der Waals surface area contributed by atoms with Crippen molar-refractivity contribution in [3.05, 3.63) is 64.6 Å². The zero-order chi connectivity index (χ0) is 23.0. The van der Waals surface area contributed by atoms with E-state index in [-0.39, 0.29) is 10.7 Å². The summed E-state index contributed by atoms with van der Waals surface area (Å²) in [6, 6.07) is 8.60. The molecule has 3 aromatic rings. The van der Waals surface area contributed by atoms with Crippen molar-refractivity contribution >= 4 is 44.1 Å². The number of anilines is 1. The zero-order valence-corrected chi connectivity index (χ0v) is 18.7. The Morgan fingerprint density at radius 1 is 1.19 bits per heavy atom. The van der Waals surface area contributed by atoms with Gasteiger partial charge in [0.1, 0.15) is 0 Å². The van der Waals surface area contributed by atoms with Crippen LogP contribution in [0.4, 0.5) is 23.2 Å². The molecule has 1 aromatic heterocycles. The summed E-state index contributed by atoms with van der Waals surface area (Å²) in [5.74, 6) is -1.52. The summed E-state index contributed by atoms with van der Waals surface area (Å²) in [6.07, 6.45) is -5.10. The fourth-order valence-electron chi connectivity index (χ4n) is 3.27. The van der Waals surface area contributed by atoms with E-state index in [1.54, 1.807) is 31.2 Å². The molecule has 1 heterocycles. The number of halogens is 6. The molecule has 10 heteroatoms. The van der Waals surface area contributed by atoms with Crippen molar-refractivity contribution in [1.29, 1.82) is 0 Å². The first-order valence-corrected chi connectivity index (χ1v) is 10.5. The summed E-state index contributed by atoms with van der Waals surface area (Å²) < 4.78 is 62.0. The highest BCUT2D eigenvalue weighted by Gasteiger charge is 2.59. The number of nitrogens with one attached hydrogen (secondary N) is 1. The van der Waals surface area contributed by atoms with E-state index >= 15 is 4.39 Å². The van der Waals surface area contributed by atoms with Crippen LogP contribution >= 0.6 is 27.5 Å². The van der Waals surface area contributed by atoms with Crippen LogP contribution in [0.3, 0.4) is 0 Å². The van der Waals surface area contributed by atoms with Crippen LogP contribution in [0.15, 0.2) is 42.5 Å². The molecule has 0 amide bonds. The van der Waals surface area contributed by atoms with E-state index in [0.29, 0.717) is 10.9 Å². The van der Waals surface area contributed by atoms with E-state index in [1.807, 2.05) is 0 Å². The molecule has 0 bridgehead atoms. The van der Waals surface area contributed by atoms with Gasteiger partial charge in [0.25, 0.3) is 0 Å². The Labute approximate surface area is 189 Å². The number of aryl methyl sites for hydroxylation is 1. The molecule has 166 valence electrons. The molecule has 0 radical (unpaired) electrons. The first kappa shape index (κ1) is 23.6. The Morgan fingerprint density at radius 3 is 2.52 bits per heavy atom. The molecule has 0 aliphatic carbocycles. The van der Waals surface area contributed by atoms with E-state index in [9.17, 15) is 18.3 Å². The summed E-state index contributed by atoms with van der Waals surface area (Å²) in [5, 5.41) is 12.9. The molecule has 0 fully saturated rings. The second-order valence-corrected chi connectivity index (χ2v) is 7.91. The molecule has 31 heavy (non-hydrogen) atoms. The van der Waals surface area contributed by atoms with Crippen molar-refractivity contribution in [1.82, 2.24) is 4.98 Å². The minimum Gasteiger partial charge on any atom is -0.492 e. The molecule has 2 aromatic carbocycles. The molecular weight excluding hydrogens is 504 g/mol. The predicted molar refractivity (Wildman–Crippen MR) is 116 cm³/mol. The Morgan fingerprint density at radius 2 is 1.90 bits per heavy atom. The lowest BCUT2D eigenvalue weighted by Gasteiger charge is -2.38. The molecule has 4 nitrogen and oxygen atoms in total. The third-order valence-corrected chi connectivity index (χ3v) is 6.09. The van der Waals surface area contributed by atoms with E-state index in [2.05, 4.69) is 26.2 Å². The fourth-order valence-corrected chi connectivity index (χ4v) is 4.13. The number of pyridine rings is 1. The molecule has 0 saturated carbocycles. The summed E-state index contributed by atoms with van der Waals surface area (Å²) in [4.78, 5) is 4.36. The number of ether oxygens (including phenoxy) is 1. The lowest BCUT2D eigenvalue weighted by molar-refractivity contribution is -0.256. The maximum absolute atomic E-state index is 15.2.